The minimum atomic E-state index is -4.46. The zero-order chi connectivity index (χ0) is 27.5. The van der Waals surface area contributed by atoms with E-state index in [1.807, 2.05) is 11.5 Å². The predicted octanol–water partition coefficient (Wildman–Crippen LogP) is 6.98. The first-order chi connectivity index (χ1) is 18.2. The Morgan fingerprint density at radius 3 is 2.45 bits per heavy atom. The van der Waals surface area contributed by atoms with Crippen LogP contribution >= 0.6 is 16.1 Å². The van der Waals surface area contributed by atoms with Crippen LogP contribution in [0.25, 0.3) is 11.2 Å². The van der Waals surface area contributed by atoms with Crippen molar-refractivity contribution in [2.75, 3.05) is 11.9 Å². The van der Waals surface area contributed by atoms with Gasteiger partial charge in [0.1, 0.15) is 5.82 Å². The summed E-state index contributed by atoms with van der Waals surface area (Å²) in [6, 6.07) is 6.96. The molecule has 2 aromatic heterocycles. The van der Waals surface area contributed by atoms with Crippen molar-refractivity contribution < 1.29 is 23.3 Å². The van der Waals surface area contributed by atoms with Gasteiger partial charge in [-0.25, -0.2) is 15.0 Å². The van der Waals surface area contributed by atoms with Gasteiger partial charge in [-0.15, -0.1) is 0 Å². The largest absolute Gasteiger partial charge is 0.415 e. The molecule has 12 heteroatoms. The molecule has 1 aliphatic rings. The monoisotopic (exact) mass is 562 g/mol. The van der Waals surface area contributed by atoms with E-state index in [1.54, 1.807) is 44.4 Å². The van der Waals surface area contributed by atoms with Gasteiger partial charge in [-0.1, -0.05) is 24.3 Å². The third-order valence-electron chi connectivity index (χ3n) is 7.04. The average Bonchev–Trinajstić information content (AvgIpc) is 3.58. The Balaban J connectivity index is 1.70. The fourth-order valence-corrected chi connectivity index (χ4v) is 7.42. The number of fused-ring (bicyclic) bond motifs is 1. The molecule has 2 heterocycles. The number of nitrogens with zero attached hydrogens (tertiary/aromatic N) is 4. The fourth-order valence-electron chi connectivity index (χ4n) is 4.76. The molecule has 1 aliphatic carbocycles. The fraction of sp³-hybridized carbons (Fsp3) is 0.577. The van der Waals surface area contributed by atoms with Gasteiger partial charge in [0.05, 0.1) is 19.0 Å². The summed E-state index contributed by atoms with van der Waals surface area (Å²) in [5, 5.41) is 1.39. The number of nitrogens with one attached hydrogen (secondary N) is 1. The smallest absolute Gasteiger partial charge is 0.338 e. The molecular weight excluding hydrogens is 524 g/mol. The highest BCUT2D eigenvalue weighted by Crippen LogP contribution is 2.67. The zero-order valence-corrected chi connectivity index (χ0v) is 24.6. The Kier molecular flexibility index (Phi) is 9.00. The summed E-state index contributed by atoms with van der Waals surface area (Å²) >= 11 is 0. The SMILES string of the molecule is CCOC([PH+]=O)(c1ccc(Nc2nc(C3CCCC3)nc3c2ncn3C(C)C)cc1)P(=O)(O)OC(C)CC. The van der Waals surface area contributed by atoms with E-state index < -0.39 is 27.2 Å². The summed E-state index contributed by atoms with van der Waals surface area (Å²) in [6.07, 6.45) is 6.32. The van der Waals surface area contributed by atoms with E-state index in [0.717, 1.165) is 24.3 Å². The van der Waals surface area contributed by atoms with Crippen LogP contribution in [-0.2, 0) is 23.5 Å². The molecule has 10 nitrogen and oxygen atoms in total. The van der Waals surface area contributed by atoms with E-state index in [4.69, 9.17) is 19.2 Å². The Labute approximate surface area is 225 Å². The standard InChI is InChI=1S/C26H37N5O5P2/c1-6-18(5)36-38(33,34)26(37-32,35-7-2)20-12-14-21(15-13-20)28-24-22-25(31(16-27-22)17(3)4)30-23(29-24)19-10-8-9-11-19/h12-19H,6-11H2,1-5H3,(H,33,34)(H,28,29,30)/p+1. The number of benzene rings is 1. The van der Waals surface area contributed by atoms with Crippen molar-refractivity contribution in [1.82, 2.24) is 19.5 Å². The van der Waals surface area contributed by atoms with Gasteiger partial charge in [-0.2, -0.15) is 0 Å². The Morgan fingerprint density at radius 1 is 1.18 bits per heavy atom. The number of hydrogen-bond donors (Lipinski definition) is 2. The van der Waals surface area contributed by atoms with E-state index in [0.29, 0.717) is 34.9 Å². The van der Waals surface area contributed by atoms with Crippen molar-refractivity contribution in [1.29, 1.82) is 0 Å². The van der Waals surface area contributed by atoms with Crippen LogP contribution < -0.4 is 5.32 Å². The lowest BCUT2D eigenvalue weighted by Crippen LogP contribution is -2.26. The predicted molar refractivity (Wildman–Crippen MR) is 150 cm³/mol. The average molecular weight is 563 g/mol. The molecule has 0 saturated heterocycles. The van der Waals surface area contributed by atoms with Crippen molar-refractivity contribution in [2.24, 2.45) is 0 Å². The molecule has 4 atom stereocenters. The summed E-state index contributed by atoms with van der Waals surface area (Å²) in [5.41, 5.74) is 2.47. The topological polar surface area (TPSA) is 128 Å². The van der Waals surface area contributed by atoms with E-state index in [-0.39, 0.29) is 12.6 Å². The zero-order valence-electron chi connectivity index (χ0n) is 22.7. The maximum Gasteiger partial charge on any atom is 0.415 e. The molecule has 1 saturated carbocycles. The molecule has 0 bridgehead atoms. The second-order valence-electron chi connectivity index (χ2n) is 10.1. The Bertz CT molecular complexity index is 1310. The van der Waals surface area contributed by atoms with E-state index in [9.17, 15) is 14.0 Å². The summed E-state index contributed by atoms with van der Waals surface area (Å²) < 4.78 is 39.0. The van der Waals surface area contributed by atoms with Gasteiger partial charge in [-0.05, 0) is 71.2 Å². The van der Waals surface area contributed by atoms with Crippen molar-refractivity contribution in [2.45, 2.75) is 89.9 Å². The number of aromatic nitrogens is 4. The molecule has 0 radical (unpaired) electrons. The van der Waals surface area contributed by atoms with Crippen molar-refractivity contribution in [3.8, 4) is 0 Å². The lowest BCUT2D eigenvalue weighted by Gasteiger charge is -2.27. The molecule has 4 rings (SSSR count). The lowest BCUT2D eigenvalue weighted by molar-refractivity contribution is 0.0492. The Hall–Kier alpha value is -2.22. The first kappa shape index (κ1) is 28.8. The number of imidazole rings is 1. The molecule has 0 aliphatic heterocycles. The summed E-state index contributed by atoms with van der Waals surface area (Å²) in [4.78, 5) is 25.3. The minimum Gasteiger partial charge on any atom is -0.338 e. The van der Waals surface area contributed by atoms with Crippen LogP contribution in [0.15, 0.2) is 30.6 Å². The van der Waals surface area contributed by atoms with Gasteiger partial charge in [0.2, 0.25) is 0 Å². The van der Waals surface area contributed by atoms with Crippen LogP contribution in [0, 0.1) is 0 Å². The van der Waals surface area contributed by atoms with Crippen LogP contribution in [0.5, 0.6) is 0 Å². The molecule has 38 heavy (non-hydrogen) atoms. The van der Waals surface area contributed by atoms with Crippen molar-refractivity contribution >= 4 is 38.7 Å². The third kappa shape index (κ3) is 5.56. The Morgan fingerprint density at radius 2 is 1.87 bits per heavy atom. The first-order valence-electron chi connectivity index (χ1n) is 13.3. The van der Waals surface area contributed by atoms with Crippen LogP contribution in [0.3, 0.4) is 0 Å². The van der Waals surface area contributed by atoms with Crippen LogP contribution in [0.4, 0.5) is 11.5 Å². The molecule has 3 aromatic rings. The van der Waals surface area contributed by atoms with Gasteiger partial charge < -0.3 is 24.0 Å². The molecule has 206 valence electrons. The number of ether oxygens (including phenoxy) is 1. The molecule has 1 fully saturated rings. The van der Waals surface area contributed by atoms with E-state index in [2.05, 4.69) is 24.1 Å². The lowest BCUT2D eigenvalue weighted by atomic mass is 10.1. The van der Waals surface area contributed by atoms with Gasteiger partial charge in [-0.3, -0.25) is 4.57 Å². The second-order valence-corrected chi connectivity index (χ2v) is 13.3. The van der Waals surface area contributed by atoms with Gasteiger partial charge in [0.25, 0.3) is 0 Å². The van der Waals surface area contributed by atoms with Gasteiger partial charge in [0, 0.05) is 23.2 Å². The molecule has 2 N–H and O–H groups in total. The highest BCUT2D eigenvalue weighted by Gasteiger charge is 2.61. The maximum absolute atomic E-state index is 13.3. The molecular formula is C26H38N5O5P2+. The van der Waals surface area contributed by atoms with Crippen molar-refractivity contribution in [3.63, 3.8) is 0 Å². The number of hydrogen-bond acceptors (Lipinski definition) is 8. The molecule has 0 amide bonds. The van der Waals surface area contributed by atoms with Crippen molar-refractivity contribution in [3.05, 3.63) is 42.0 Å². The van der Waals surface area contributed by atoms with Crippen LogP contribution in [0.1, 0.15) is 90.1 Å². The van der Waals surface area contributed by atoms with Gasteiger partial charge >= 0.3 is 21.1 Å². The summed E-state index contributed by atoms with van der Waals surface area (Å²) in [6.45, 7) is 9.51. The number of anilines is 2. The number of rotatable bonds is 12. The van der Waals surface area contributed by atoms with E-state index in [1.165, 1.54) is 12.8 Å². The first-order valence-corrected chi connectivity index (χ1v) is 15.8. The highest BCUT2D eigenvalue weighted by molar-refractivity contribution is 7.63. The van der Waals surface area contributed by atoms with Gasteiger partial charge in [0.15, 0.2) is 17.0 Å². The molecule has 0 spiro atoms. The molecule has 1 aromatic carbocycles. The van der Waals surface area contributed by atoms with Crippen LogP contribution in [-0.4, -0.2) is 37.1 Å². The normalized spacial score (nSPS) is 18.6. The highest BCUT2D eigenvalue weighted by atomic mass is 31.2. The van der Waals surface area contributed by atoms with E-state index >= 15 is 0 Å². The molecule has 4 unspecified atom stereocenters. The summed E-state index contributed by atoms with van der Waals surface area (Å²) in [5.74, 6) is 1.76. The summed E-state index contributed by atoms with van der Waals surface area (Å²) in [7, 11) is -5.71. The quantitative estimate of drug-likeness (QED) is 0.225. The second kappa shape index (κ2) is 11.9. The minimum absolute atomic E-state index is 0.0883. The third-order valence-corrected chi connectivity index (χ3v) is 10.7. The maximum atomic E-state index is 13.3. The van der Waals surface area contributed by atoms with Crippen LogP contribution in [0.2, 0.25) is 0 Å².